The number of carbonyl (C=O) groups is 1. The summed E-state index contributed by atoms with van der Waals surface area (Å²) < 4.78 is 85.8. The van der Waals surface area contributed by atoms with Crippen LogP contribution in [0.4, 0.5) is 39.4 Å². The van der Waals surface area contributed by atoms with Gasteiger partial charge in [0.25, 0.3) is 0 Å². The molecule has 2 fully saturated rings. The van der Waals surface area contributed by atoms with Crippen LogP contribution >= 0.6 is 0 Å². The number of hydrogen-bond donors (Lipinski definition) is 3. The molecule has 4 N–H and O–H groups in total. The number of benzene rings is 1. The minimum absolute atomic E-state index is 0.0467. The smallest absolute Gasteiger partial charge is 0.417 e. The Morgan fingerprint density at radius 1 is 1.18 bits per heavy atom. The second-order valence-electron chi connectivity index (χ2n) is 11.6. The number of hydrogen-bond acceptors (Lipinski definition) is 10. The van der Waals surface area contributed by atoms with E-state index in [2.05, 4.69) is 25.6 Å². The van der Waals surface area contributed by atoms with Gasteiger partial charge >= 0.3 is 12.1 Å². The fourth-order valence-corrected chi connectivity index (χ4v) is 6.28. The first-order valence-corrected chi connectivity index (χ1v) is 14.5. The Hall–Kier alpha value is -4.01. The second kappa shape index (κ2) is 10.9. The Balaban J connectivity index is 1.62. The van der Waals surface area contributed by atoms with Gasteiger partial charge in [0.1, 0.15) is 34.8 Å². The van der Waals surface area contributed by atoms with E-state index in [1.807, 2.05) is 6.92 Å². The number of cyclic esters (lactones) is 1. The molecule has 1 spiro atoms. The molecule has 44 heavy (non-hydrogen) atoms. The van der Waals surface area contributed by atoms with Crippen molar-refractivity contribution in [1.29, 1.82) is 0 Å². The number of esters is 1. The van der Waals surface area contributed by atoms with E-state index in [0.29, 0.717) is 32.5 Å². The number of ether oxygens (including phenoxy) is 2. The van der Waals surface area contributed by atoms with Crippen molar-refractivity contribution >= 4 is 34.3 Å². The monoisotopic (exact) mass is 621 g/mol. The molecule has 0 amide bonds. The van der Waals surface area contributed by atoms with Crippen LogP contribution in [0, 0.1) is 18.6 Å². The molecule has 1 aromatic carbocycles. The lowest BCUT2D eigenvalue weighted by Gasteiger charge is -2.48. The average Bonchev–Trinajstić information content (AvgIpc) is 3.35. The van der Waals surface area contributed by atoms with Gasteiger partial charge in [-0.3, -0.25) is 4.79 Å². The van der Waals surface area contributed by atoms with Gasteiger partial charge in [-0.25, -0.2) is 18.7 Å². The lowest BCUT2D eigenvalue weighted by Crippen LogP contribution is -2.61. The summed E-state index contributed by atoms with van der Waals surface area (Å²) in [5, 5.41) is 6.67. The van der Waals surface area contributed by atoms with E-state index in [9.17, 15) is 22.4 Å². The van der Waals surface area contributed by atoms with Gasteiger partial charge in [-0.2, -0.15) is 18.2 Å². The first-order chi connectivity index (χ1) is 20.8. The third kappa shape index (κ3) is 5.00. The normalized spacial score (nSPS) is 24.0. The highest BCUT2D eigenvalue weighted by molar-refractivity contribution is 5.97. The van der Waals surface area contributed by atoms with E-state index in [1.165, 1.54) is 0 Å². The number of rotatable bonds is 3. The molecule has 6 rings (SSSR count). The molecule has 3 atom stereocenters. The number of pyridine rings is 1. The van der Waals surface area contributed by atoms with Crippen molar-refractivity contribution in [2.45, 2.75) is 70.3 Å². The average molecular weight is 622 g/mol. The molecule has 0 radical (unpaired) electrons. The summed E-state index contributed by atoms with van der Waals surface area (Å²) in [6.45, 7) is 6.19. The fourth-order valence-electron chi connectivity index (χ4n) is 6.28. The van der Waals surface area contributed by atoms with Gasteiger partial charge in [-0.1, -0.05) is 6.92 Å². The number of anilines is 3. The van der Waals surface area contributed by atoms with Gasteiger partial charge in [0.2, 0.25) is 11.8 Å². The first kappa shape index (κ1) is 30.0. The summed E-state index contributed by atoms with van der Waals surface area (Å²) in [5.74, 6) is -2.76. The van der Waals surface area contributed by atoms with Crippen LogP contribution in [0.5, 0.6) is 5.88 Å². The molecule has 0 aliphatic carbocycles. The summed E-state index contributed by atoms with van der Waals surface area (Å²) in [6.07, 6.45) is -3.53. The highest BCUT2D eigenvalue weighted by atomic mass is 19.4. The van der Waals surface area contributed by atoms with Crippen LogP contribution in [-0.2, 0) is 15.7 Å². The molecule has 0 bridgehead atoms. The number of nitrogens with zero attached hydrogens (tertiary/aromatic N) is 4. The van der Waals surface area contributed by atoms with Gasteiger partial charge in [0, 0.05) is 31.2 Å². The number of alkyl halides is 3. The topological polar surface area (TPSA) is 128 Å². The van der Waals surface area contributed by atoms with Gasteiger partial charge < -0.3 is 30.7 Å². The predicted octanol–water partition coefficient (Wildman–Crippen LogP) is 4.73. The van der Waals surface area contributed by atoms with E-state index in [0.717, 1.165) is 19.4 Å². The van der Waals surface area contributed by atoms with Crippen LogP contribution < -0.4 is 26.0 Å². The third-order valence-electron chi connectivity index (χ3n) is 8.67. The zero-order chi connectivity index (χ0) is 31.6. The maximum atomic E-state index is 16.7. The molecule has 10 nitrogen and oxygen atoms in total. The molecule has 2 aromatic heterocycles. The van der Waals surface area contributed by atoms with Gasteiger partial charge in [0.15, 0.2) is 5.82 Å². The van der Waals surface area contributed by atoms with E-state index in [1.54, 1.807) is 11.8 Å². The number of halogens is 5. The Morgan fingerprint density at radius 2 is 1.95 bits per heavy atom. The van der Waals surface area contributed by atoms with Crippen molar-refractivity contribution in [1.82, 2.24) is 20.3 Å². The molecule has 236 valence electrons. The number of carbonyl (C=O) groups excluding carboxylic acids is 1. The number of aromatic nitrogens is 3. The van der Waals surface area contributed by atoms with Crippen LogP contribution in [0.3, 0.4) is 0 Å². The van der Waals surface area contributed by atoms with Gasteiger partial charge in [0.05, 0.1) is 29.3 Å². The van der Waals surface area contributed by atoms with E-state index in [-0.39, 0.29) is 53.6 Å². The standard InChI is InChI=1S/C29H32F5N7O3/c1-4-15-9-13(2)44-26-19-24(22(31)23(38-26)16-10-17(35)21(30)14(3)20(16)29(32,33)34)39-27(40-25(19)37-7-6-36-15)41-8-5-28(41)11-18(42)43-12-28/h10,13,15,36H,4-9,11-12,35H2,1-3H3,(H,37,39,40)/t13-,15?,28?/m0/s1. The molecule has 2 saturated heterocycles. The van der Waals surface area contributed by atoms with Gasteiger partial charge in [-0.05, 0) is 44.7 Å². The van der Waals surface area contributed by atoms with Crippen molar-refractivity contribution in [3.8, 4) is 17.1 Å². The van der Waals surface area contributed by atoms with Gasteiger partial charge in [-0.15, -0.1) is 0 Å². The van der Waals surface area contributed by atoms with Crippen molar-refractivity contribution in [2.75, 3.05) is 42.2 Å². The van der Waals surface area contributed by atoms with Crippen LogP contribution in [0.25, 0.3) is 22.2 Å². The molecule has 15 heteroatoms. The van der Waals surface area contributed by atoms with E-state index in [4.69, 9.17) is 15.2 Å². The molecular formula is C29H32F5N7O3. The Kier molecular flexibility index (Phi) is 7.41. The molecule has 0 saturated carbocycles. The van der Waals surface area contributed by atoms with E-state index >= 15 is 4.39 Å². The van der Waals surface area contributed by atoms with Crippen LogP contribution in [0.2, 0.25) is 0 Å². The van der Waals surface area contributed by atoms with Crippen molar-refractivity contribution in [2.24, 2.45) is 0 Å². The minimum Gasteiger partial charge on any atom is -0.474 e. The quantitative estimate of drug-likeness (QED) is 0.215. The number of nitrogens with two attached hydrogens (primary N) is 1. The summed E-state index contributed by atoms with van der Waals surface area (Å²) in [7, 11) is 0. The maximum absolute atomic E-state index is 16.7. The zero-order valence-electron chi connectivity index (χ0n) is 24.4. The summed E-state index contributed by atoms with van der Waals surface area (Å²) >= 11 is 0. The molecule has 2 unspecified atom stereocenters. The van der Waals surface area contributed by atoms with Crippen molar-refractivity contribution in [3.05, 3.63) is 28.8 Å². The van der Waals surface area contributed by atoms with Crippen LogP contribution in [0.15, 0.2) is 6.07 Å². The molecule has 3 aliphatic heterocycles. The lowest BCUT2D eigenvalue weighted by atomic mass is 9.84. The largest absolute Gasteiger partial charge is 0.474 e. The summed E-state index contributed by atoms with van der Waals surface area (Å²) in [6, 6.07) is 0.788. The Labute approximate surface area is 249 Å². The van der Waals surface area contributed by atoms with Crippen molar-refractivity contribution < 1.29 is 36.2 Å². The summed E-state index contributed by atoms with van der Waals surface area (Å²) in [4.78, 5) is 27.2. The van der Waals surface area contributed by atoms with Crippen LogP contribution in [-0.4, -0.2) is 64.8 Å². The Bertz CT molecular complexity index is 1650. The number of nitrogen functional groups attached to an aromatic ring is 1. The number of nitrogens with one attached hydrogen (secondary N) is 2. The van der Waals surface area contributed by atoms with Crippen molar-refractivity contribution in [3.63, 3.8) is 0 Å². The third-order valence-corrected chi connectivity index (χ3v) is 8.67. The van der Waals surface area contributed by atoms with E-state index < -0.39 is 57.5 Å². The molecular weight excluding hydrogens is 589 g/mol. The molecule has 3 aromatic rings. The highest BCUT2D eigenvalue weighted by Gasteiger charge is 2.53. The first-order valence-electron chi connectivity index (χ1n) is 14.5. The second-order valence-corrected chi connectivity index (χ2v) is 11.6. The lowest BCUT2D eigenvalue weighted by molar-refractivity contribution is -0.138. The Morgan fingerprint density at radius 3 is 2.59 bits per heavy atom. The molecule has 5 heterocycles. The summed E-state index contributed by atoms with van der Waals surface area (Å²) in [5.41, 5.74) is 0.438. The predicted molar refractivity (Wildman–Crippen MR) is 152 cm³/mol. The fraction of sp³-hybridized carbons (Fsp3) is 0.517. The molecule has 3 aliphatic rings. The zero-order valence-corrected chi connectivity index (χ0v) is 24.4. The van der Waals surface area contributed by atoms with Crippen LogP contribution in [0.1, 0.15) is 50.7 Å². The maximum Gasteiger partial charge on any atom is 0.417 e. The highest BCUT2D eigenvalue weighted by Crippen LogP contribution is 2.46. The minimum atomic E-state index is -5.06. The SMILES string of the molecule is CCC1C[C@H](C)Oc2nc(-c3cc(N)c(F)c(C)c3C(F)(F)F)c(F)c3nc(N4CCC45COC(=O)C5)nc(c23)NCCN1.